The zero-order valence-corrected chi connectivity index (χ0v) is 16.9. The maximum absolute atomic E-state index is 12.1. The van der Waals surface area contributed by atoms with Crippen molar-refractivity contribution in [2.24, 2.45) is 5.92 Å². The van der Waals surface area contributed by atoms with E-state index in [9.17, 15) is 9.59 Å². The first-order valence-corrected chi connectivity index (χ1v) is 9.52. The van der Waals surface area contributed by atoms with Crippen molar-refractivity contribution in [2.75, 3.05) is 10.6 Å². The molecule has 0 aliphatic rings. The molecule has 0 saturated heterocycles. The summed E-state index contributed by atoms with van der Waals surface area (Å²) in [5, 5.41) is 8.43. The lowest BCUT2D eigenvalue weighted by Crippen LogP contribution is -2.28. The van der Waals surface area contributed by atoms with Crippen LogP contribution < -0.4 is 20.7 Å². The quantitative estimate of drug-likeness (QED) is 0.614. The van der Waals surface area contributed by atoms with Crippen LogP contribution in [-0.4, -0.2) is 18.0 Å². The van der Waals surface area contributed by atoms with E-state index in [1.165, 1.54) is 0 Å². The molecule has 0 aliphatic carbocycles. The summed E-state index contributed by atoms with van der Waals surface area (Å²) >= 11 is 0. The van der Waals surface area contributed by atoms with Gasteiger partial charge in [0.2, 0.25) is 5.91 Å². The van der Waals surface area contributed by atoms with Gasteiger partial charge in [-0.05, 0) is 61.7 Å². The van der Waals surface area contributed by atoms with E-state index >= 15 is 0 Å². The molecule has 28 heavy (non-hydrogen) atoms. The van der Waals surface area contributed by atoms with Crippen molar-refractivity contribution in [3.63, 3.8) is 0 Å². The van der Waals surface area contributed by atoms with Gasteiger partial charge < -0.3 is 20.7 Å². The van der Waals surface area contributed by atoms with Gasteiger partial charge in [-0.3, -0.25) is 4.79 Å². The topological polar surface area (TPSA) is 79.5 Å². The van der Waals surface area contributed by atoms with Crippen molar-refractivity contribution in [3.8, 4) is 5.75 Å². The minimum absolute atomic E-state index is 0.0155. The fourth-order valence-corrected chi connectivity index (χ4v) is 2.54. The van der Waals surface area contributed by atoms with E-state index in [0.717, 1.165) is 11.3 Å². The lowest BCUT2D eigenvalue weighted by molar-refractivity contribution is -0.116. The van der Waals surface area contributed by atoms with Crippen LogP contribution in [0.4, 0.5) is 16.2 Å². The third-order valence-electron chi connectivity index (χ3n) is 3.77. The van der Waals surface area contributed by atoms with Gasteiger partial charge in [0.1, 0.15) is 5.75 Å². The molecule has 0 radical (unpaired) electrons. The van der Waals surface area contributed by atoms with Crippen molar-refractivity contribution in [3.05, 3.63) is 54.1 Å². The normalized spacial score (nSPS) is 10.6. The highest BCUT2D eigenvalue weighted by Gasteiger charge is 2.06. The Kier molecular flexibility index (Phi) is 7.87. The Hall–Kier alpha value is -3.02. The van der Waals surface area contributed by atoms with Gasteiger partial charge in [0, 0.05) is 24.3 Å². The first kappa shape index (κ1) is 21.3. The minimum Gasteiger partial charge on any atom is -0.491 e. The summed E-state index contributed by atoms with van der Waals surface area (Å²) in [6.07, 6.45) is 0.608. The monoisotopic (exact) mass is 383 g/mol. The third kappa shape index (κ3) is 7.70. The number of anilines is 2. The number of amides is 3. The summed E-state index contributed by atoms with van der Waals surface area (Å²) in [7, 11) is 0. The molecule has 150 valence electrons. The van der Waals surface area contributed by atoms with E-state index in [4.69, 9.17) is 4.74 Å². The molecule has 2 aromatic rings. The highest BCUT2D eigenvalue weighted by Crippen LogP contribution is 2.15. The summed E-state index contributed by atoms with van der Waals surface area (Å²) in [6, 6.07) is 14.4. The molecular weight excluding hydrogens is 354 g/mol. The van der Waals surface area contributed by atoms with Crippen molar-refractivity contribution >= 4 is 23.3 Å². The van der Waals surface area contributed by atoms with Gasteiger partial charge in [0.05, 0.1) is 6.10 Å². The molecule has 0 fully saturated rings. The number of carbonyl (C=O) groups excluding carboxylic acids is 2. The largest absolute Gasteiger partial charge is 0.491 e. The van der Waals surface area contributed by atoms with Crippen LogP contribution in [0.15, 0.2) is 48.5 Å². The van der Waals surface area contributed by atoms with E-state index in [1.54, 1.807) is 24.3 Å². The molecule has 0 bridgehead atoms. The molecule has 0 aliphatic heterocycles. The Morgan fingerprint density at radius 2 is 1.43 bits per heavy atom. The molecular formula is C22H29N3O3. The fraction of sp³-hybridized carbons (Fsp3) is 0.364. The van der Waals surface area contributed by atoms with Gasteiger partial charge in [0.25, 0.3) is 0 Å². The summed E-state index contributed by atoms with van der Waals surface area (Å²) in [4.78, 5) is 23.8. The second-order valence-corrected chi connectivity index (χ2v) is 7.34. The van der Waals surface area contributed by atoms with Crippen LogP contribution in [-0.2, 0) is 11.3 Å². The van der Waals surface area contributed by atoms with Gasteiger partial charge in [0.15, 0.2) is 0 Å². The van der Waals surface area contributed by atoms with Gasteiger partial charge in [-0.1, -0.05) is 26.0 Å². The number of nitrogens with one attached hydrogen (secondary N) is 3. The molecule has 3 amide bonds. The fourth-order valence-electron chi connectivity index (χ4n) is 2.54. The van der Waals surface area contributed by atoms with Crippen molar-refractivity contribution < 1.29 is 14.3 Å². The Morgan fingerprint density at radius 1 is 0.857 bits per heavy atom. The number of ether oxygens (including phenoxy) is 1. The zero-order valence-electron chi connectivity index (χ0n) is 16.9. The number of hydrogen-bond acceptors (Lipinski definition) is 3. The average molecular weight is 383 g/mol. The average Bonchev–Trinajstić information content (AvgIpc) is 2.61. The van der Waals surface area contributed by atoms with Crippen LogP contribution in [0.2, 0.25) is 0 Å². The van der Waals surface area contributed by atoms with Crippen molar-refractivity contribution in [1.29, 1.82) is 0 Å². The number of benzene rings is 2. The Labute approximate surface area is 166 Å². The second-order valence-electron chi connectivity index (χ2n) is 7.34. The van der Waals surface area contributed by atoms with Crippen LogP contribution in [0.25, 0.3) is 0 Å². The molecule has 0 aromatic heterocycles. The Balaban J connectivity index is 1.78. The number of urea groups is 1. The van der Waals surface area contributed by atoms with E-state index in [1.807, 2.05) is 52.0 Å². The van der Waals surface area contributed by atoms with E-state index in [0.29, 0.717) is 30.3 Å². The van der Waals surface area contributed by atoms with Crippen LogP contribution >= 0.6 is 0 Å². The number of rotatable bonds is 8. The SMILES string of the molecule is CC(C)CC(=O)Nc1ccc(NC(=O)NCc2ccc(OC(C)C)cc2)cc1. The molecule has 0 spiro atoms. The number of carbonyl (C=O) groups is 2. The third-order valence-corrected chi connectivity index (χ3v) is 3.77. The molecule has 2 rings (SSSR count). The highest BCUT2D eigenvalue weighted by atomic mass is 16.5. The predicted molar refractivity (Wildman–Crippen MR) is 113 cm³/mol. The smallest absolute Gasteiger partial charge is 0.319 e. The highest BCUT2D eigenvalue weighted by molar-refractivity contribution is 5.92. The predicted octanol–water partition coefficient (Wildman–Crippen LogP) is 4.78. The molecule has 2 aromatic carbocycles. The molecule has 6 nitrogen and oxygen atoms in total. The van der Waals surface area contributed by atoms with Gasteiger partial charge in [-0.15, -0.1) is 0 Å². The molecule has 6 heteroatoms. The van der Waals surface area contributed by atoms with E-state index in [-0.39, 0.29) is 18.0 Å². The molecule has 0 atom stereocenters. The summed E-state index contributed by atoms with van der Waals surface area (Å²) in [5.41, 5.74) is 2.34. The van der Waals surface area contributed by atoms with Crippen molar-refractivity contribution in [2.45, 2.75) is 46.8 Å². The summed E-state index contributed by atoms with van der Waals surface area (Å²) in [6.45, 7) is 8.37. The maximum Gasteiger partial charge on any atom is 0.319 e. The molecule has 0 heterocycles. The van der Waals surface area contributed by atoms with Crippen LogP contribution in [0.3, 0.4) is 0 Å². The van der Waals surface area contributed by atoms with Crippen molar-refractivity contribution in [1.82, 2.24) is 5.32 Å². The zero-order chi connectivity index (χ0) is 20.5. The minimum atomic E-state index is -0.292. The van der Waals surface area contributed by atoms with Gasteiger partial charge in [-0.2, -0.15) is 0 Å². The summed E-state index contributed by atoms with van der Waals surface area (Å²) in [5.74, 6) is 1.10. The van der Waals surface area contributed by atoms with Crippen LogP contribution in [0.1, 0.15) is 39.7 Å². The molecule has 0 unspecified atom stereocenters. The standard InChI is InChI=1S/C22H29N3O3/c1-15(2)13-21(26)24-18-7-9-19(10-8-18)25-22(27)23-14-17-5-11-20(12-6-17)28-16(3)4/h5-12,15-16H,13-14H2,1-4H3,(H,24,26)(H2,23,25,27). The maximum atomic E-state index is 12.1. The summed E-state index contributed by atoms with van der Waals surface area (Å²) < 4.78 is 5.60. The van der Waals surface area contributed by atoms with Gasteiger partial charge >= 0.3 is 6.03 Å². The Bertz CT molecular complexity index is 769. The van der Waals surface area contributed by atoms with Gasteiger partial charge in [-0.25, -0.2) is 4.79 Å². The van der Waals surface area contributed by atoms with Crippen LogP contribution in [0, 0.1) is 5.92 Å². The first-order chi connectivity index (χ1) is 13.3. The first-order valence-electron chi connectivity index (χ1n) is 9.52. The van der Waals surface area contributed by atoms with E-state index < -0.39 is 0 Å². The van der Waals surface area contributed by atoms with E-state index in [2.05, 4.69) is 16.0 Å². The van der Waals surface area contributed by atoms with Crippen LogP contribution in [0.5, 0.6) is 5.75 Å². The molecule has 0 saturated carbocycles. The molecule has 3 N–H and O–H groups in total. The number of hydrogen-bond donors (Lipinski definition) is 3. The lowest BCUT2D eigenvalue weighted by Gasteiger charge is -2.11. The lowest BCUT2D eigenvalue weighted by atomic mass is 10.1. The Morgan fingerprint density at radius 3 is 1.96 bits per heavy atom. The second kappa shape index (κ2) is 10.3.